The highest BCUT2D eigenvalue weighted by Gasteiger charge is 2.13. The summed E-state index contributed by atoms with van der Waals surface area (Å²) in [4.78, 5) is 15.8. The summed E-state index contributed by atoms with van der Waals surface area (Å²) in [5.74, 6) is -1.96. The highest BCUT2D eigenvalue weighted by atomic mass is 79.9. The van der Waals surface area contributed by atoms with Gasteiger partial charge in [0.05, 0.1) is 5.56 Å². The minimum absolute atomic E-state index is 0.0228. The van der Waals surface area contributed by atoms with Gasteiger partial charge in [0.2, 0.25) is 0 Å². The summed E-state index contributed by atoms with van der Waals surface area (Å²) >= 11 is 3.23. The van der Waals surface area contributed by atoms with E-state index in [2.05, 4.69) is 20.9 Å². The van der Waals surface area contributed by atoms with Crippen molar-refractivity contribution in [2.45, 2.75) is 6.42 Å². The van der Waals surface area contributed by atoms with Crippen LogP contribution in [0, 0.1) is 11.6 Å². The van der Waals surface area contributed by atoms with E-state index in [0.717, 1.165) is 16.6 Å². The van der Waals surface area contributed by atoms with Crippen LogP contribution in [-0.2, 0) is 6.42 Å². The second kappa shape index (κ2) is 5.35. The summed E-state index contributed by atoms with van der Waals surface area (Å²) in [7, 11) is 0. The van der Waals surface area contributed by atoms with Crippen LogP contribution in [-0.4, -0.2) is 10.8 Å². The van der Waals surface area contributed by atoms with Gasteiger partial charge in [-0.15, -0.1) is 0 Å². The largest absolute Gasteiger partial charge is 0.294 e. The van der Waals surface area contributed by atoms with E-state index in [9.17, 15) is 13.6 Å². The Kier molecular flexibility index (Phi) is 3.81. The van der Waals surface area contributed by atoms with Crippen LogP contribution in [0.1, 0.15) is 15.9 Å². The number of hydrogen-bond donors (Lipinski definition) is 0. The van der Waals surface area contributed by atoms with Gasteiger partial charge in [0.25, 0.3) is 0 Å². The third kappa shape index (κ3) is 2.98. The fourth-order valence-corrected chi connectivity index (χ4v) is 1.96. The number of ketones is 1. The van der Waals surface area contributed by atoms with Crippen LogP contribution in [0.4, 0.5) is 8.78 Å². The molecule has 0 saturated carbocycles. The topological polar surface area (TPSA) is 30.0 Å². The number of aromatic nitrogens is 1. The molecule has 0 bridgehead atoms. The number of nitrogens with zero attached hydrogens (tertiary/aromatic N) is 1. The molecule has 0 N–H and O–H groups in total. The zero-order chi connectivity index (χ0) is 13.1. The molecule has 0 aliphatic heterocycles. The molecule has 5 heteroatoms. The summed E-state index contributed by atoms with van der Waals surface area (Å²) in [5.41, 5.74) is 0.550. The molecule has 0 spiro atoms. The van der Waals surface area contributed by atoms with Gasteiger partial charge in [-0.25, -0.2) is 8.78 Å². The van der Waals surface area contributed by atoms with Crippen molar-refractivity contribution in [3.63, 3.8) is 0 Å². The van der Waals surface area contributed by atoms with E-state index in [4.69, 9.17) is 0 Å². The molecule has 0 saturated heterocycles. The van der Waals surface area contributed by atoms with E-state index >= 15 is 0 Å². The molecular weight excluding hydrogens is 304 g/mol. The molecule has 0 atom stereocenters. The maximum Gasteiger partial charge on any atom is 0.170 e. The number of halogens is 3. The second-order valence-corrected chi connectivity index (χ2v) is 4.65. The number of benzene rings is 1. The van der Waals surface area contributed by atoms with Gasteiger partial charge in [0.1, 0.15) is 11.6 Å². The first-order valence-electron chi connectivity index (χ1n) is 5.14. The molecule has 2 aromatic rings. The fourth-order valence-electron chi connectivity index (χ4n) is 1.55. The van der Waals surface area contributed by atoms with Crippen molar-refractivity contribution < 1.29 is 13.6 Å². The van der Waals surface area contributed by atoms with Crippen molar-refractivity contribution in [1.29, 1.82) is 0 Å². The first-order valence-corrected chi connectivity index (χ1v) is 5.93. The van der Waals surface area contributed by atoms with E-state index in [1.807, 2.05) is 0 Å². The SMILES string of the molecule is O=C(Cc1cncc(Br)c1)c1ccc(F)cc1F. The standard InChI is InChI=1S/C13H8BrF2NO/c14-9-3-8(6-17-7-9)4-13(18)11-2-1-10(15)5-12(11)16/h1-3,5-7H,4H2. The fraction of sp³-hybridized carbons (Fsp3) is 0.0769. The van der Waals surface area contributed by atoms with Crippen molar-refractivity contribution in [3.05, 3.63) is 63.9 Å². The maximum atomic E-state index is 13.4. The first kappa shape index (κ1) is 12.8. The molecule has 0 unspecified atom stereocenters. The van der Waals surface area contributed by atoms with Gasteiger partial charge in [-0.1, -0.05) is 0 Å². The zero-order valence-electron chi connectivity index (χ0n) is 9.16. The van der Waals surface area contributed by atoms with Crippen LogP contribution >= 0.6 is 15.9 Å². The molecule has 18 heavy (non-hydrogen) atoms. The van der Waals surface area contributed by atoms with E-state index < -0.39 is 17.4 Å². The number of pyridine rings is 1. The van der Waals surface area contributed by atoms with Gasteiger partial charge in [-0.3, -0.25) is 9.78 Å². The number of rotatable bonds is 3. The monoisotopic (exact) mass is 311 g/mol. The molecule has 2 rings (SSSR count). The molecule has 0 aliphatic carbocycles. The van der Waals surface area contributed by atoms with E-state index in [1.54, 1.807) is 12.3 Å². The zero-order valence-corrected chi connectivity index (χ0v) is 10.7. The molecule has 92 valence electrons. The van der Waals surface area contributed by atoms with Gasteiger partial charge >= 0.3 is 0 Å². The summed E-state index contributed by atoms with van der Waals surface area (Å²) in [6.07, 6.45) is 3.14. The Morgan fingerprint density at radius 3 is 2.67 bits per heavy atom. The van der Waals surface area contributed by atoms with Crippen molar-refractivity contribution in [2.24, 2.45) is 0 Å². The van der Waals surface area contributed by atoms with Crippen molar-refractivity contribution >= 4 is 21.7 Å². The first-order chi connectivity index (χ1) is 8.56. The van der Waals surface area contributed by atoms with Crippen LogP contribution in [0.2, 0.25) is 0 Å². The van der Waals surface area contributed by atoms with Crippen LogP contribution in [0.15, 0.2) is 41.1 Å². The smallest absolute Gasteiger partial charge is 0.170 e. The number of carbonyl (C=O) groups excluding carboxylic acids is 1. The Balaban J connectivity index is 2.22. The number of Topliss-reactive ketones (excluding diaryl/α,β-unsaturated/α-hetero) is 1. The van der Waals surface area contributed by atoms with Gasteiger partial charge in [0, 0.05) is 29.4 Å². The summed E-state index contributed by atoms with van der Waals surface area (Å²) in [6.45, 7) is 0. The second-order valence-electron chi connectivity index (χ2n) is 3.74. The lowest BCUT2D eigenvalue weighted by Gasteiger charge is -2.03. The van der Waals surface area contributed by atoms with Crippen LogP contribution in [0.3, 0.4) is 0 Å². The minimum atomic E-state index is -0.844. The lowest BCUT2D eigenvalue weighted by atomic mass is 10.0. The Morgan fingerprint density at radius 1 is 1.22 bits per heavy atom. The highest BCUT2D eigenvalue weighted by molar-refractivity contribution is 9.10. The van der Waals surface area contributed by atoms with Crippen molar-refractivity contribution in [1.82, 2.24) is 4.98 Å². The van der Waals surface area contributed by atoms with Crippen LogP contribution < -0.4 is 0 Å². The van der Waals surface area contributed by atoms with Gasteiger partial charge in [-0.05, 0) is 39.7 Å². The predicted molar refractivity (Wildman–Crippen MR) is 66.3 cm³/mol. The van der Waals surface area contributed by atoms with E-state index in [-0.39, 0.29) is 12.0 Å². The Bertz CT molecular complexity index is 601. The Labute approximate surface area is 111 Å². The Hall–Kier alpha value is -1.62. The molecule has 1 aromatic carbocycles. The van der Waals surface area contributed by atoms with Gasteiger partial charge in [-0.2, -0.15) is 0 Å². The lowest BCUT2D eigenvalue weighted by molar-refractivity contribution is 0.0989. The van der Waals surface area contributed by atoms with Crippen LogP contribution in [0.25, 0.3) is 0 Å². The third-order valence-electron chi connectivity index (χ3n) is 2.36. The number of hydrogen-bond acceptors (Lipinski definition) is 2. The number of carbonyl (C=O) groups is 1. The van der Waals surface area contributed by atoms with Gasteiger partial charge < -0.3 is 0 Å². The molecule has 1 aromatic heterocycles. The van der Waals surface area contributed by atoms with Crippen molar-refractivity contribution in [2.75, 3.05) is 0 Å². The molecule has 2 nitrogen and oxygen atoms in total. The van der Waals surface area contributed by atoms with E-state index in [1.165, 1.54) is 6.20 Å². The van der Waals surface area contributed by atoms with Crippen LogP contribution in [0.5, 0.6) is 0 Å². The molecule has 0 fully saturated rings. The summed E-state index contributed by atoms with van der Waals surface area (Å²) < 4.78 is 26.9. The molecule has 0 amide bonds. The Morgan fingerprint density at radius 2 is 2.00 bits per heavy atom. The summed E-state index contributed by atoms with van der Waals surface area (Å²) in [5, 5.41) is 0. The average Bonchev–Trinajstić information content (AvgIpc) is 2.28. The molecule has 0 aliphatic rings. The quantitative estimate of drug-likeness (QED) is 0.811. The normalized spacial score (nSPS) is 10.4. The minimum Gasteiger partial charge on any atom is -0.294 e. The molecule has 1 heterocycles. The predicted octanol–water partition coefficient (Wildman–Crippen LogP) is 3.55. The third-order valence-corrected chi connectivity index (χ3v) is 2.79. The van der Waals surface area contributed by atoms with Gasteiger partial charge in [0.15, 0.2) is 5.78 Å². The highest BCUT2D eigenvalue weighted by Crippen LogP contribution is 2.15. The van der Waals surface area contributed by atoms with E-state index in [0.29, 0.717) is 11.6 Å². The van der Waals surface area contributed by atoms with Crippen molar-refractivity contribution in [3.8, 4) is 0 Å². The molecular formula is C13H8BrF2NO. The lowest BCUT2D eigenvalue weighted by Crippen LogP contribution is -2.06. The summed E-state index contributed by atoms with van der Waals surface area (Å²) in [6, 6.07) is 4.65. The average molecular weight is 312 g/mol. The molecule has 0 radical (unpaired) electrons. The maximum absolute atomic E-state index is 13.4.